The number of methoxy groups -OCH3 is 1. The van der Waals surface area contributed by atoms with E-state index in [1.807, 2.05) is 4.98 Å². The molecular weight excluding hydrogens is 178 g/mol. The molecule has 1 N–H and O–H groups in total. The maximum atomic E-state index is 11.0. The third-order valence-corrected chi connectivity index (χ3v) is 1.20. The highest BCUT2D eigenvalue weighted by Gasteiger charge is 2.10. The molecule has 7 heteroatoms. The quantitative estimate of drug-likeness (QED) is 0.613. The second-order valence-corrected chi connectivity index (χ2v) is 2.08. The minimum atomic E-state index is -2.64. The van der Waals surface area contributed by atoms with Crippen molar-refractivity contribution in [2.75, 3.05) is 25.5 Å². The van der Waals surface area contributed by atoms with Gasteiger partial charge in [-0.05, 0) is 5.16 Å². The topological polar surface area (TPSA) is 88.4 Å². The first kappa shape index (κ1) is 5.79. The Morgan fingerprint density at radius 3 is 3.15 bits per heavy atom. The van der Waals surface area contributed by atoms with Gasteiger partial charge in [0.25, 0.3) is 0 Å². The molecule has 0 amide bonds. The number of likely N-dealkylation sites (N-methyl/N-ethyl adjacent to an activating group) is 1. The van der Waals surface area contributed by atoms with Crippen molar-refractivity contribution in [3.8, 4) is 0 Å². The van der Waals surface area contributed by atoms with E-state index in [1.165, 1.54) is 0 Å². The average molecular weight is 190 g/mol. The molecule has 1 aromatic heterocycles. The molecule has 0 aromatic carbocycles. The van der Waals surface area contributed by atoms with Gasteiger partial charge in [0, 0.05) is 11.1 Å². The van der Waals surface area contributed by atoms with Gasteiger partial charge < -0.3 is 9.64 Å². The van der Waals surface area contributed by atoms with Crippen molar-refractivity contribution in [3.05, 3.63) is 10.6 Å². The first-order chi connectivity index (χ1) is 7.34. The van der Waals surface area contributed by atoms with Crippen LogP contribution in [0.4, 0.5) is 5.95 Å². The van der Waals surface area contributed by atoms with E-state index in [9.17, 15) is 9.59 Å². The van der Waals surface area contributed by atoms with Crippen LogP contribution in [0.2, 0.25) is 0 Å². The lowest BCUT2D eigenvalue weighted by molar-refractivity contribution is -0.138. The lowest BCUT2D eigenvalue weighted by Crippen LogP contribution is -2.27. The number of carbonyl (C=O) groups excluding carboxylic acids is 1. The van der Waals surface area contributed by atoms with Crippen LogP contribution in [0.5, 0.6) is 0 Å². The van der Waals surface area contributed by atoms with Crippen molar-refractivity contribution < 1.29 is 18.2 Å². The molecule has 0 saturated heterocycles. The zero-order chi connectivity index (χ0) is 12.3. The van der Waals surface area contributed by atoms with E-state index in [1.54, 1.807) is 0 Å². The van der Waals surface area contributed by atoms with E-state index in [2.05, 4.69) is 14.4 Å². The SMILES string of the molecule is [2H]C([2H])([2H])N(CC(=O)OC)c1noc(=O)[nH]1. The fraction of sp³-hybridized carbons (Fsp3) is 0.500. The Morgan fingerprint density at radius 2 is 2.69 bits per heavy atom. The van der Waals surface area contributed by atoms with Crippen molar-refractivity contribution in [2.45, 2.75) is 0 Å². The molecule has 0 radical (unpaired) electrons. The Kier molecular flexibility index (Phi) is 1.67. The molecule has 1 heterocycles. The summed E-state index contributed by atoms with van der Waals surface area (Å²) in [5, 5.41) is 3.19. The molecule has 0 spiro atoms. The Bertz CT molecular complexity index is 423. The molecule has 0 saturated carbocycles. The first-order valence-electron chi connectivity index (χ1n) is 4.75. The molecular formula is C6H9N3O4. The zero-order valence-electron chi connectivity index (χ0n) is 9.73. The molecule has 1 rings (SSSR count). The second-order valence-electron chi connectivity index (χ2n) is 2.08. The molecule has 0 aliphatic carbocycles. The van der Waals surface area contributed by atoms with Crippen LogP contribution in [-0.2, 0) is 9.53 Å². The Morgan fingerprint density at radius 1 is 1.92 bits per heavy atom. The Balaban J connectivity index is 2.97. The third-order valence-electron chi connectivity index (χ3n) is 1.20. The van der Waals surface area contributed by atoms with E-state index in [0.29, 0.717) is 4.90 Å². The smallest absolute Gasteiger partial charge is 0.440 e. The number of esters is 1. The van der Waals surface area contributed by atoms with Gasteiger partial charge in [0.1, 0.15) is 6.54 Å². The fourth-order valence-electron chi connectivity index (χ4n) is 0.607. The normalized spacial score (nSPS) is 14.1. The standard InChI is InChI=1S/C6H9N3O4/c1-9(3-4(10)12-2)5-7-6(11)13-8-5/h3H2,1-2H3,(H,7,8,11)/i1D3. The summed E-state index contributed by atoms with van der Waals surface area (Å²) in [6.45, 7) is -3.22. The number of hydrogen-bond donors (Lipinski definition) is 1. The number of ether oxygens (including phenoxy) is 1. The number of nitrogens with zero attached hydrogens (tertiary/aromatic N) is 2. The summed E-state index contributed by atoms with van der Waals surface area (Å²) in [4.78, 5) is 24.3. The number of anilines is 1. The number of nitrogens with one attached hydrogen (secondary N) is 1. The number of aromatic nitrogens is 2. The van der Waals surface area contributed by atoms with Crippen molar-refractivity contribution in [3.63, 3.8) is 0 Å². The van der Waals surface area contributed by atoms with Crippen LogP contribution < -0.4 is 10.7 Å². The van der Waals surface area contributed by atoms with Crippen molar-refractivity contribution in [2.24, 2.45) is 0 Å². The zero-order valence-corrected chi connectivity index (χ0v) is 6.73. The summed E-state index contributed by atoms with van der Waals surface area (Å²) in [5.74, 6) is -2.04. The Hall–Kier alpha value is -1.79. The van der Waals surface area contributed by atoms with Gasteiger partial charge in [-0.2, -0.15) is 0 Å². The highest BCUT2D eigenvalue weighted by molar-refractivity contribution is 5.74. The van der Waals surface area contributed by atoms with E-state index < -0.39 is 25.2 Å². The van der Waals surface area contributed by atoms with Gasteiger partial charge in [-0.15, -0.1) is 0 Å². The summed E-state index contributed by atoms with van der Waals surface area (Å²) in [5.41, 5.74) is 0. The van der Waals surface area contributed by atoms with Crippen molar-refractivity contribution in [1.29, 1.82) is 0 Å². The van der Waals surface area contributed by atoms with Crippen molar-refractivity contribution >= 4 is 11.9 Å². The number of H-pyrrole nitrogens is 1. The molecule has 1 aromatic rings. The lowest BCUT2D eigenvalue weighted by Gasteiger charge is -2.11. The summed E-state index contributed by atoms with van der Waals surface area (Å²) in [6, 6.07) is 0. The van der Waals surface area contributed by atoms with Gasteiger partial charge in [-0.1, -0.05) is 0 Å². The van der Waals surface area contributed by atoms with E-state index in [0.717, 1.165) is 7.11 Å². The molecule has 0 bridgehead atoms. The fourth-order valence-corrected chi connectivity index (χ4v) is 0.607. The molecule has 13 heavy (non-hydrogen) atoms. The van der Waals surface area contributed by atoms with Gasteiger partial charge in [0.15, 0.2) is 0 Å². The molecule has 0 aliphatic heterocycles. The predicted molar refractivity (Wildman–Crippen MR) is 42.4 cm³/mol. The number of hydrogen-bond acceptors (Lipinski definition) is 6. The van der Waals surface area contributed by atoms with E-state index in [-0.39, 0.29) is 5.95 Å². The van der Waals surface area contributed by atoms with Gasteiger partial charge in [0.05, 0.1) is 7.11 Å². The van der Waals surface area contributed by atoms with Crippen LogP contribution in [0.1, 0.15) is 4.11 Å². The van der Waals surface area contributed by atoms with Crippen LogP contribution in [-0.4, -0.2) is 36.7 Å². The van der Waals surface area contributed by atoms with Crippen LogP contribution in [0, 0.1) is 0 Å². The minimum absolute atomic E-state index is 0.351. The van der Waals surface area contributed by atoms with Crippen LogP contribution in [0.25, 0.3) is 0 Å². The van der Waals surface area contributed by atoms with E-state index >= 15 is 0 Å². The lowest BCUT2D eigenvalue weighted by atomic mass is 10.6. The van der Waals surface area contributed by atoms with Crippen LogP contribution in [0.15, 0.2) is 9.32 Å². The largest absolute Gasteiger partial charge is 0.468 e. The first-order valence-corrected chi connectivity index (χ1v) is 3.25. The highest BCUT2D eigenvalue weighted by Crippen LogP contribution is 1.99. The third kappa shape index (κ3) is 2.32. The summed E-state index contributed by atoms with van der Waals surface area (Å²) >= 11 is 0. The van der Waals surface area contributed by atoms with Gasteiger partial charge in [-0.25, -0.2) is 4.79 Å². The Labute approximate surface area is 77.5 Å². The van der Waals surface area contributed by atoms with E-state index in [4.69, 9.17) is 4.11 Å². The number of carbonyl (C=O) groups is 1. The molecule has 0 atom stereocenters. The summed E-state index contributed by atoms with van der Waals surface area (Å²) in [7, 11) is 1.12. The molecule has 0 unspecified atom stereocenters. The molecule has 72 valence electrons. The maximum Gasteiger partial charge on any atom is 0.440 e. The van der Waals surface area contributed by atoms with Gasteiger partial charge >= 0.3 is 11.7 Å². The molecule has 7 nitrogen and oxygen atoms in total. The number of rotatable bonds is 3. The molecule has 0 aliphatic rings. The predicted octanol–water partition coefficient (Wildman–Crippen LogP) is -1.03. The monoisotopic (exact) mass is 190 g/mol. The average Bonchev–Trinajstić information content (AvgIpc) is 2.58. The van der Waals surface area contributed by atoms with Crippen LogP contribution in [0.3, 0.4) is 0 Å². The van der Waals surface area contributed by atoms with Crippen LogP contribution >= 0.6 is 0 Å². The highest BCUT2D eigenvalue weighted by atomic mass is 16.5. The summed E-state index contributed by atoms with van der Waals surface area (Å²) < 4.78 is 29.9. The maximum absolute atomic E-state index is 11.0. The second kappa shape index (κ2) is 3.74. The number of aromatic amines is 1. The molecule has 0 fully saturated rings. The summed E-state index contributed by atoms with van der Waals surface area (Å²) in [6.07, 6.45) is 0. The van der Waals surface area contributed by atoms with Gasteiger partial charge in [0.2, 0.25) is 5.95 Å². The van der Waals surface area contributed by atoms with Gasteiger partial charge in [-0.3, -0.25) is 14.3 Å². The van der Waals surface area contributed by atoms with Crippen molar-refractivity contribution in [1.82, 2.24) is 10.1 Å². The minimum Gasteiger partial charge on any atom is -0.468 e.